The molecule has 1 atom stereocenters. The zero-order valence-corrected chi connectivity index (χ0v) is 11.0. The minimum absolute atomic E-state index is 0.0652. The molecule has 0 radical (unpaired) electrons. The summed E-state index contributed by atoms with van der Waals surface area (Å²) in [6.07, 6.45) is 2.76. The van der Waals surface area contributed by atoms with Crippen molar-refractivity contribution in [2.45, 2.75) is 17.4 Å². The Morgan fingerprint density at radius 1 is 1.56 bits per heavy atom. The van der Waals surface area contributed by atoms with Crippen molar-refractivity contribution in [3.8, 4) is 0 Å². The van der Waals surface area contributed by atoms with Crippen LogP contribution in [-0.4, -0.2) is 34.8 Å². The lowest BCUT2D eigenvalue weighted by molar-refractivity contribution is -0.138. The molecule has 0 aliphatic carbocycles. The van der Waals surface area contributed by atoms with Gasteiger partial charge in [-0.05, 0) is 23.8 Å². The van der Waals surface area contributed by atoms with Gasteiger partial charge in [0.1, 0.15) is 0 Å². The third-order valence-corrected chi connectivity index (χ3v) is 4.19. The van der Waals surface area contributed by atoms with Crippen LogP contribution in [0.25, 0.3) is 0 Å². The van der Waals surface area contributed by atoms with Crippen molar-refractivity contribution >= 4 is 17.7 Å². The van der Waals surface area contributed by atoms with E-state index in [1.807, 2.05) is 28.8 Å². The highest BCUT2D eigenvalue weighted by molar-refractivity contribution is 7.99. The minimum atomic E-state index is -0.785. The lowest BCUT2D eigenvalue weighted by Crippen LogP contribution is -2.35. The highest BCUT2D eigenvalue weighted by atomic mass is 32.2. The number of carboxylic acid groups (broad SMARTS) is 1. The van der Waals surface area contributed by atoms with E-state index in [0.29, 0.717) is 6.54 Å². The fraction of sp³-hybridized carbons (Fsp3) is 0.357. The van der Waals surface area contributed by atoms with Crippen LogP contribution >= 0.6 is 11.8 Å². The molecule has 4 heteroatoms. The largest absolute Gasteiger partial charge is 0.480 e. The van der Waals surface area contributed by atoms with E-state index in [4.69, 9.17) is 5.11 Å². The van der Waals surface area contributed by atoms with Gasteiger partial charge in [0.25, 0.3) is 0 Å². The summed E-state index contributed by atoms with van der Waals surface area (Å²) in [5.41, 5.74) is 1.25. The summed E-state index contributed by atoms with van der Waals surface area (Å²) in [6, 6.07) is 8.45. The summed E-state index contributed by atoms with van der Waals surface area (Å²) in [7, 11) is 0. The summed E-state index contributed by atoms with van der Waals surface area (Å²) < 4.78 is 0. The molecular formula is C14H17NO2S. The first-order chi connectivity index (χ1) is 8.72. The molecule has 1 aliphatic heterocycles. The van der Waals surface area contributed by atoms with Gasteiger partial charge < -0.3 is 5.11 Å². The Bertz CT molecular complexity index is 447. The van der Waals surface area contributed by atoms with Crippen molar-refractivity contribution in [1.29, 1.82) is 0 Å². The smallest absolute Gasteiger partial charge is 0.317 e. The van der Waals surface area contributed by atoms with Gasteiger partial charge in [0.2, 0.25) is 0 Å². The van der Waals surface area contributed by atoms with E-state index in [-0.39, 0.29) is 12.6 Å². The van der Waals surface area contributed by atoms with E-state index in [9.17, 15) is 4.79 Å². The van der Waals surface area contributed by atoms with Crippen LogP contribution in [0.4, 0.5) is 0 Å². The number of carbonyl (C=O) groups is 1. The van der Waals surface area contributed by atoms with E-state index in [0.717, 1.165) is 12.2 Å². The Hall–Kier alpha value is -1.26. The molecule has 1 unspecified atom stereocenters. The quantitative estimate of drug-likeness (QED) is 0.829. The van der Waals surface area contributed by atoms with Crippen molar-refractivity contribution in [3.05, 3.63) is 42.5 Å². The number of carboxylic acids is 1. The van der Waals surface area contributed by atoms with E-state index in [2.05, 4.69) is 18.7 Å². The maximum absolute atomic E-state index is 11.0. The van der Waals surface area contributed by atoms with Crippen molar-refractivity contribution < 1.29 is 9.90 Å². The standard InChI is InChI=1S/C14H17NO2S/c1-2-8-15(10-14(16)17)12-7-9-18-13-6-4-3-5-11(12)13/h2-6,12H,1,7-10H2,(H,16,17). The molecule has 96 valence electrons. The van der Waals surface area contributed by atoms with Crippen LogP contribution in [0.5, 0.6) is 0 Å². The number of thioether (sulfide) groups is 1. The van der Waals surface area contributed by atoms with Gasteiger partial charge in [-0.15, -0.1) is 18.3 Å². The lowest BCUT2D eigenvalue weighted by Gasteiger charge is -2.33. The first-order valence-corrected chi connectivity index (χ1v) is 6.99. The highest BCUT2D eigenvalue weighted by Gasteiger charge is 2.26. The number of benzene rings is 1. The first-order valence-electron chi connectivity index (χ1n) is 6.01. The predicted molar refractivity (Wildman–Crippen MR) is 73.9 cm³/mol. The number of nitrogens with zero attached hydrogens (tertiary/aromatic N) is 1. The topological polar surface area (TPSA) is 40.5 Å². The normalized spacial score (nSPS) is 18.4. The monoisotopic (exact) mass is 263 g/mol. The zero-order valence-electron chi connectivity index (χ0n) is 10.2. The number of hydrogen-bond donors (Lipinski definition) is 1. The van der Waals surface area contributed by atoms with Gasteiger partial charge in [-0.2, -0.15) is 0 Å². The van der Waals surface area contributed by atoms with Crippen molar-refractivity contribution in [2.24, 2.45) is 0 Å². The molecule has 0 amide bonds. The molecule has 3 nitrogen and oxygen atoms in total. The number of fused-ring (bicyclic) bond motifs is 1. The number of rotatable bonds is 5. The fourth-order valence-corrected chi connectivity index (χ4v) is 3.45. The molecule has 1 N–H and O–H groups in total. The van der Waals surface area contributed by atoms with Crippen LogP contribution < -0.4 is 0 Å². The molecule has 1 aromatic carbocycles. The predicted octanol–water partition coefficient (Wildman–Crippen LogP) is 2.80. The molecule has 0 bridgehead atoms. The molecular weight excluding hydrogens is 246 g/mol. The lowest BCUT2D eigenvalue weighted by atomic mass is 10.0. The second-order valence-electron chi connectivity index (χ2n) is 4.30. The molecule has 1 heterocycles. The fourth-order valence-electron chi connectivity index (χ4n) is 2.34. The summed E-state index contributed by atoms with van der Waals surface area (Å²) >= 11 is 1.85. The molecule has 18 heavy (non-hydrogen) atoms. The Kier molecular flexibility index (Phi) is 4.44. The SMILES string of the molecule is C=CCN(CC(=O)O)C1CCSc2ccccc21. The average molecular weight is 263 g/mol. The van der Waals surface area contributed by atoms with Crippen molar-refractivity contribution in [3.63, 3.8) is 0 Å². The summed E-state index contributed by atoms with van der Waals surface area (Å²) in [5.74, 6) is 0.252. The van der Waals surface area contributed by atoms with Gasteiger partial charge in [0.05, 0.1) is 6.54 Å². The van der Waals surface area contributed by atoms with Crippen LogP contribution in [0.15, 0.2) is 41.8 Å². The Labute approximate surface area is 111 Å². The molecule has 0 saturated carbocycles. The molecule has 0 fully saturated rings. The minimum Gasteiger partial charge on any atom is -0.480 e. The van der Waals surface area contributed by atoms with E-state index in [1.165, 1.54) is 10.5 Å². The second kappa shape index (κ2) is 6.07. The van der Waals surface area contributed by atoms with Crippen LogP contribution in [0.3, 0.4) is 0 Å². The maximum atomic E-state index is 11.0. The van der Waals surface area contributed by atoms with Crippen molar-refractivity contribution in [2.75, 3.05) is 18.8 Å². The van der Waals surface area contributed by atoms with Crippen molar-refractivity contribution in [1.82, 2.24) is 4.90 Å². The van der Waals surface area contributed by atoms with E-state index < -0.39 is 5.97 Å². The number of hydrogen-bond acceptors (Lipinski definition) is 3. The third-order valence-electron chi connectivity index (χ3n) is 3.07. The van der Waals surface area contributed by atoms with Gasteiger partial charge in [0.15, 0.2) is 0 Å². The third kappa shape index (κ3) is 2.94. The average Bonchev–Trinajstić information content (AvgIpc) is 2.37. The maximum Gasteiger partial charge on any atom is 0.317 e. The van der Waals surface area contributed by atoms with Gasteiger partial charge in [-0.25, -0.2) is 0 Å². The Balaban J connectivity index is 2.25. The van der Waals surface area contributed by atoms with Gasteiger partial charge in [-0.3, -0.25) is 9.69 Å². The first kappa shape index (κ1) is 13.2. The second-order valence-corrected chi connectivity index (χ2v) is 5.44. The number of aliphatic carboxylic acids is 1. The molecule has 1 aliphatic rings. The van der Waals surface area contributed by atoms with Crippen LogP contribution in [0, 0.1) is 0 Å². The van der Waals surface area contributed by atoms with E-state index >= 15 is 0 Å². The molecule has 1 aromatic rings. The van der Waals surface area contributed by atoms with E-state index in [1.54, 1.807) is 6.08 Å². The zero-order chi connectivity index (χ0) is 13.0. The Morgan fingerprint density at radius 3 is 3.06 bits per heavy atom. The highest BCUT2D eigenvalue weighted by Crippen LogP contribution is 2.38. The molecule has 0 saturated heterocycles. The summed E-state index contributed by atoms with van der Waals surface area (Å²) in [4.78, 5) is 14.2. The van der Waals surface area contributed by atoms with Gasteiger partial charge in [-0.1, -0.05) is 24.3 Å². The van der Waals surface area contributed by atoms with Gasteiger partial charge in [0, 0.05) is 17.5 Å². The molecule has 0 aromatic heterocycles. The summed E-state index contributed by atoms with van der Waals surface area (Å²) in [5, 5.41) is 9.01. The summed E-state index contributed by atoms with van der Waals surface area (Å²) in [6.45, 7) is 4.39. The van der Waals surface area contributed by atoms with Crippen LogP contribution in [0.1, 0.15) is 18.0 Å². The molecule has 0 spiro atoms. The Morgan fingerprint density at radius 2 is 2.33 bits per heavy atom. The van der Waals surface area contributed by atoms with Crippen LogP contribution in [-0.2, 0) is 4.79 Å². The molecule has 2 rings (SSSR count). The van der Waals surface area contributed by atoms with Gasteiger partial charge >= 0.3 is 5.97 Å². The van der Waals surface area contributed by atoms with Crippen LogP contribution in [0.2, 0.25) is 0 Å².